The SMILES string of the molecule is Cc1cc(C(O)CCc2ccccc2)c(C)o1. The number of hydrogen-bond donors (Lipinski definition) is 1. The Morgan fingerprint density at radius 1 is 1.18 bits per heavy atom. The first-order valence-corrected chi connectivity index (χ1v) is 5.95. The van der Waals surface area contributed by atoms with E-state index in [1.807, 2.05) is 38.1 Å². The molecule has 1 unspecified atom stereocenters. The molecule has 2 nitrogen and oxygen atoms in total. The van der Waals surface area contributed by atoms with Gasteiger partial charge in [-0.25, -0.2) is 0 Å². The van der Waals surface area contributed by atoms with Crippen molar-refractivity contribution in [3.63, 3.8) is 0 Å². The monoisotopic (exact) mass is 230 g/mol. The van der Waals surface area contributed by atoms with Crippen LogP contribution in [0.3, 0.4) is 0 Å². The van der Waals surface area contributed by atoms with E-state index in [-0.39, 0.29) is 0 Å². The van der Waals surface area contributed by atoms with Crippen LogP contribution in [0.1, 0.15) is 35.2 Å². The summed E-state index contributed by atoms with van der Waals surface area (Å²) in [5.74, 6) is 1.68. The highest BCUT2D eigenvalue weighted by Gasteiger charge is 2.14. The average molecular weight is 230 g/mol. The van der Waals surface area contributed by atoms with Gasteiger partial charge in [0.25, 0.3) is 0 Å². The summed E-state index contributed by atoms with van der Waals surface area (Å²) in [5, 5.41) is 10.1. The molecular weight excluding hydrogens is 212 g/mol. The minimum absolute atomic E-state index is 0.437. The van der Waals surface area contributed by atoms with Crippen molar-refractivity contribution in [1.29, 1.82) is 0 Å². The van der Waals surface area contributed by atoms with Crippen molar-refractivity contribution in [1.82, 2.24) is 0 Å². The third-order valence-corrected chi connectivity index (χ3v) is 2.99. The topological polar surface area (TPSA) is 33.4 Å². The number of aliphatic hydroxyl groups excluding tert-OH is 1. The molecule has 0 amide bonds. The second-order valence-electron chi connectivity index (χ2n) is 4.41. The summed E-state index contributed by atoms with van der Waals surface area (Å²) in [5.41, 5.74) is 2.17. The Labute approximate surface area is 102 Å². The van der Waals surface area contributed by atoms with Crippen molar-refractivity contribution in [2.75, 3.05) is 0 Å². The molecule has 0 spiro atoms. The van der Waals surface area contributed by atoms with Crippen LogP contribution in [-0.2, 0) is 6.42 Å². The normalized spacial score (nSPS) is 12.6. The molecule has 1 aromatic heterocycles. The Morgan fingerprint density at radius 3 is 2.47 bits per heavy atom. The van der Waals surface area contributed by atoms with Crippen LogP contribution in [0.15, 0.2) is 40.8 Å². The average Bonchev–Trinajstić information content (AvgIpc) is 2.67. The molecule has 2 heteroatoms. The van der Waals surface area contributed by atoms with Gasteiger partial charge in [-0.15, -0.1) is 0 Å². The van der Waals surface area contributed by atoms with E-state index in [9.17, 15) is 5.11 Å². The fraction of sp³-hybridized carbons (Fsp3) is 0.333. The van der Waals surface area contributed by atoms with Crippen LogP contribution in [0.25, 0.3) is 0 Å². The molecule has 2 aromatic rings. The first-order chi connectivity index (χ1) is 8.16. The molecule has 0 saturated heterocycles. The maximum atomic E-state index is 10.1. The zero-order valence-corrected chi connectivity index (χ0v) is 10.3. The van der Waals surface area contributed by atoms with Gasteiger partial charge in [0.05, 0.1) is 6.10 Å². The molecule has 1 N–H and O–H groups in total. The molecule has 1 atom stereocenters. The zero-order valence-electron chi connectivity index (χ0n) is 10.3. The lowest BCUT2D eigenvalue weighted by molar-refractivity contribution is 0.166. The molecule has 1 aromatic carbocycles. The Hall–Kier alpha value is -1.54. The van der Waals surface area contributed by atoms with Gasteiger partial charge in [0.15, 0.2) is 0 Å². The van der Waals surface area contributed by atoms with Gasteiger partial charge in [0.1, 0.15) is 11.5 Å². The quantitative estimate of drug-likeness (QED) is 0.871. The third kappa shape index (κ3) is 2.98. The predicted molar refractivity (Wildman–Crippen MR) is 67.9 cm³/mol. The molecule has 1 heterocycles. The van der Waals surface area contributed by atoms with Gasteiger partial charge in [-0.2, -0.15) is 0 Å². The van der Waals surface area contributed by atoms with Crippen LogP contribution >= 0.6 is 0 Å². The van der Waals surface area contributed by atoms with Crippen LogP contribution in [0, 0.1) is 13.8 Å². The van der Waals surface area contributed by atoms with Crippen LogP contribution in [0.2, 0.25) is 0 Å². The highest BCUT2D eigenvalue weighted by atomic mass is 16.3. The smallest absolute Gasteiger partial charge is 0.106 e. The van der Waals surface area contributed by atoms with Crippen molar-refractivity contribution >= 4 is 0 Å². The van der Waals surface area contributed by atoms with Crippen LogP contribution in [-0.4, -0.2) is 5.11 Å². The minimum Gasteiger partial charge on any atom is -0.466 e. The van der Waals surface area contributed by atoms with Crippen molar-refractivity contribution in [2.45, 2.75) is 32.8 Å². The second kappa shape index (κ2) is 5.19. The van der Waals surface area contributed by atoms with E-state index in [0.29, 0.717) is 0 Å². The molecule has 2 rings (SSSR count). The van der Waals surface area contributed by atoms with Gasteiger partial charge in [-0.05, 0) is 38.3 Å². The maximum Gasteiger partial charge on any atom is 0.106 e. The number of hydrogen-bond acceptors (Lipinski definition) is 2. The lowest BCUT2D eigenvalue weighted by atomic mass is 10.0. The fourth-order valence-corrected chi connectivity index (χ4v) is 2.08. The third-order valence-electron chi connectivity index (χ3n) is 2.99. The van der Waals surface area contributed by atoms with Gasteiger partial charge in [0, 0.05) is 5.56 Å². The van der Waals surface area contributed by atoms with Gasteiger partial charge >= 0.3 is 0 Å². The highest BCUT2D eigenvalue weighted by Crippen LogP contribution is 2.25. The van der Waals surface area contributed by atoms with Crippen molar-refractivity contribution in [3.05, 3.63) is 59.0 Å². The summed E-state index contributed by atoms with van der Waals surface area (Å²) in [6.07, 6.45) is 1.17. The molecule has 0 bridgehead atoms. The largest absolute Gasteiger partial charge is 0.466 e. The molecule has 0 fully saturated rings. The van der Waals surface area contributed by atoms with Crippen LogP contribution < -0.4 is 0 Å². The Morgan fingerprint density at radius 2 is 1.88 bits per heavy atom. The van der Waals surface area contributed by atoms with Gasteiger partial charge in [-0.3, -0.25) is 0 Å². The van der Waals surface area contributed by atoms with E-state index >= 15 is 0 Å². The molecule has 0 radical (unpaired) electrons. The van der Waals surface area contributed by atoms with E-state index in [0.717, 1.165) is 29.9 Å². The number of benzene rings is 1. The van der Waals surface area contributed by atoms with E-state index in [2.05, 4.69) is 12.1 Å². The zero-order chi connectivity index (χ0) is 12.3. The van der Waals surface area contributed by atoms with Gasteiger partial charge in [0.2, 0.25) is 0 Å². The minimum atomic E-state index is -0.437. The number of aliphatic hydroxyl groups is 1. The Bertz CT molecular complexity index is 471. The summed E-state index contributed by atoms with van der Waals surface area (Å²) >= 11 is 0. The van der Waals surface area contributed by atoms with E-state index in [1.165, 1.54) is 5.56 Å². The molecule has 0 aliphatic carbocycles. The lowest BCUT2D eigenvalue weighted by Crippen LogP contribution is -1.99. The van der Waals surface area contributed by atoms with Gasteiger partial charge < -0.3 is 9.52 Å². The fourth-order valence-electron chi connectivity index (χ4n) is 2.08. The number of rotatable bonds is 4. The molecule has 17 heavy (non-hydrogen) atoms. The summed E-state index contributed by atoms with van der Waals surface area (Å²) in [7, 11) is 0. The molecule has 90 valence electrons. The van der Waals surface area contributed by atoms with E-state index in [1.54, 1.807) is 0 Å². The summed E-state index contributed by atoms with van der Waals surface area (Å²) < 4.78 is 5.43. The molecule has 0 aliphatic rings. The maximum absolute atomic E-state index is 10.1. The first kappa shape index (κ1) is 11.9. The molecule has 0 saturated carbocycles. The number of aryl methyl sites for hydroxylation is 3. The standard InChI is InChI=1S/C15H18O2/c1-11-10-14(12(2)17-11)15(16)9-8-13-6-4-3-5-7-13/h3-7,10,15-16H,8-9H2,1-2H3. The van der Waals surface area contributed by atoms with E-state index in [4.69, 9.17) is 4.42 Å². The van der Waals surface area contributed by atoms with Crippen molar-refractivity contribution in [2.24, 2.45) is 0 Å². The van der Waals surface area contributed by atoms with Crippen LogP contribution in [0.5, 0.6) is 0 Å². The predicted octanol–water partition coefficient (Wildman–Crippen LogP) is 3.56. The van der Waals surface area contributed by atoms with Crippen LogP contribution in [0.4, 0.5) is 0 Å². The Kier molecular flexibility index (Phi) is 3.64. The molecule has 0 aliphatic heterocycles. The van der Waals surface area contributed by atoms with Crippen molar-refractivity contribution < 1.29 is 9.52 Å². The summed E-state index contributed by atoms with van der Waals surface area (Å²) in [6.45, 7) is 3.80. The summed E-state index contributed by atoms with van der Waals surface area (Å²) in [6, 6.07) is 12.1. The summed E-state index contributed by atoms with van der Waals surface area (Å²) in [4.78, 5) is 0. The van der Waals surface area contributed by atoms with Gasteiger partial charge in [-0.1, -0.05) is 30.3 Å². The highest BCUT2D eigenvalue weighted by molar-refractivity contribution is 5.23. The lowest BCUT2D eigenvalue weighted by Gasteiger charge is -2.09. The first-order valence-electron chi connectivity index (χ1n) is 5.95. The van der Waals surface area contributed by atoms with E-state index < -0.39 is 6.10 Å². The number of furan rings is 1. The molecular formula is C15H18O2. The Balaban J connectivity index is 1.98. The van der Waals surface area contributed by atoms with Crippen molar-refractivity contribution in [3.8, 4) is 0 Å². The second-order valence-corrected chi connectivity index (χ2v) is 4.41.